The minimum atomic E-state index is 0.604. The highest BCUT2D eigenvalue weighted by Gasteiger charge is 2.03. The van der Waals surface area contributed by atoms with Crippen molar-refractivity contribution in [2.24, 2.45) is 0 Å². The molecule has 0 aliphatic rings. The van der Waals surface area contributed by atoms with E-state index >= 15 is 0 Å². The van der Waals surface area contributed by atoms with E-state index in [2.05, 4.69) is 31.2 Å². The summed E-state index contributed by atoms with van der Waals surface area (Å²) in [5, 5.41) is 3.17. The largest absolute Gasteiger partial charge is 0.382 e. The molecule has 1 aromatic heterocycles. The first-order valence-electron chi connectivity index (χ1n) is 5.60. The maximum atomic E-state index is 5.37. The Morgan fingerprint density at radius 2 is 2.18 bits per heavy atom. The van der Waals surface area contributed by atoms with Crippen LogP contribution in [0.3, 0.4) is 0 Å². The van der Waals surface area contributed by atoms with Gasteiger partial charge in [0.1, 0.15) is 11.6 Å². The van der Waals surface area contributed by atoms with E-state index in [-0.39, 0.29) is 0 Å². The fraction of sp³-hybridized carbons (Fsp3) is 0.636. The lowest BCUT2D eigenvalue weighted by atomic mass is 10.4. The molecule has 0 aromatic carbocycles. The van der Waals surface area contributed by atoms with Gasteiger partial charge in [0.2, 0.25) is 0 Å². The third-order valence-electron chi connectivity index (χ3n) is 2.04. The van der Waals surface area contributed by atoms with Crippen LogP contribution in [-0.4, -0.2) is 43.4 Å². The second-order valence-corrected chi connectivity index (χ2v) is 4.22. The molecule has 0 bridgehead atoms. The molecular weight excluding hydrogens is 286 g/mol. The van der Waals surface area contributed by atoms with Gasteiger partial charge in [-0.1, -0.05) is 0 Å². The minimum absolute atomic E-state index is 0.604. The molecule has 5 nitrogen and oxygen atoms in total. The molecule has 0 aliphatic carbocycles. The van der Waals surface area contributed by atoms with E-state index in [9.17, 15) is 0 Å². The first-order valence-corrected chi connectivity index (χ1v) is 6.39. The molecule has 17 heavy (non-hydrogen) atoms. The smallest absolute Gasteiger partial charge is 0.144 e. The summed E-state index contributed by atoms with van der Waals surface area (Å²) in [6, 6.07) is 0. The van der Waals surface area contributed by atoms with E-state index in [0.29, 0.717) is 26.2 Å². The van der Waals surface area contributed by atoms with Gasteiger partial charge in [-0.2, -0.15) is 0 Å². The summed E-state index contributed by atoms with van der Waals surface area (Å²) in [6.07, 6.45) is 2.46. The highest BCUT2D eigenvalue weighted by atomic mass is 79.9. The first-order chi connectivity index (χ1) is 8.27. The summed E-state index contributed by atoms with van der Waals surface area (Å²) in [6.45, 7) is 4.69. The Kier molecular flexibility index (Phi) is 7.07. The molecule has 0 unspecified atom stereocenters. The van der Waals surface area contributed by atoms with Crippen LogP contribution in [0.2, 0.25) is 0 Å². The Bertz CT molecular complexity index is 336. The lowest BCUT2D eigenvalue weighted by Gasteiger charge is -2.07. The normalized spacial score (nSPS) is 10.5. The number of aromatic nitrogens is 2. The Morgan fingerprint density at radius 1 is 1.35 bits per heavy atom. The van der Waals surface area contributed by atoms with E-state index in [1.807, 2.05) is 6.92 Å². The Hall–Kier alpha value is -0.720. The fourth-order valence-corrected chi connectivity index (χ4v) is 1.55. The van der Waals surface area contributed by atoms with Gasteiger partial charge in [0, 0.05) is 26.3 Å². The Morgan fingerprint density at radius 3 is 2.88 bits per heavy atom. The number of hydrogen-bond acceptors (Lipinski definition) is 5. The number of methoxy groups -OCH3 is 1. The molecule has 0 fully saturated rings. The molecule has 1 rings (SSSR count). The third-order valence-corrected chi connectivity index (χ3v) is 2.62. The fourth-order valence-electron chi connectivity index (χ4n) is 1.22. The molecule has 0 saturated heterocycles. The number of ether oxygens (including phenoxy) is 2. The average Bonchev–Trinajstić information content (AvgIpc) is 2.33. The van der Waals surface area contributed by atoms with Crippen molar-refractivity contribution in [2.75, 3.05) is 38.8 Å². The number of hydrogen-bond donors (Lipinski definition) is 1. The third kappa shape index (κ3) is 5.43. The van der Waals surface area contributed by atoms with Crippen LogP contribution in [0.15, 0.2) is 10.7 Å². The van der Waals surface area contributed by atoms with E-state index in [1.54, 1.807) is 13.3 Å². The monoisotopic (exact) mass is 303 g/mol. The molecule has 0 spiro atoms. The van der Waals surface area contributed by atoms with Crippen molar-refractivity contribution in [1.29, 1.82) is 0 Å². The Labute approximate surface area is 110 Å². The van der Waals surface area contributed by atoms with Gasteiger partial charge in [-0.25, -0.2) is 9.97 Å². The van der Waals surface area contributed by atoms with Crippen LogP contribution < -0.4 is 5.32 Å². The van der Waals surface area contributed by atoms with Gasteiger partial charge in [-0.05, 0) is 22.9 Å². The van der Waals surface area contributed by atoms with Crippen molar-refractivity contribution in [3.05, 3.63) is 16.5 Å². The van der Waals surface area contributed by atoms with Crippen LogP contribution in [0, 0.1) is 0 Å². The van der Waals surface area contributed by atoms with Crippen LogP contribution in [-0.2, 0) is 15.9 Å². The average molecular weight is 304 g/mol. The quantitative estimate of drug-likeness (QED) is 0.743. The van der Waals surface area contributed by atoms with Gasteiger partial charge in [-0.3, -0.25) is 0 Å². The molecule has 0 amide bonds. The van der Waals surface area contributed by atoms with Crippen molar-refractivity contribution in [3.8, 4) is 0 Å². The summed E-state index contributed by atoms with van der Waals surface area (Å²) in [7, 11) is 1.66. The van der Waals surface area contributed by atoms with Crippen molar-refractivity contribution in [2.45, 2.75) is 13.3 Å². The van der Waals surface area contributed by atoms with Gasteiger partial charge < -0.3 is 14.8 Å². The van der Waals surface area contributed by atoms with Crippen LogP contribution in [0.25, 0.3) is 0 Å². The highest BCUT2D eigenvalue weighted by molar-refractivity contribution is 9.10. The highest BCUT2D eigenvalue weighted by Crippen LogP contribution is 2.18. The van der Waals surface area contributed by atoms with Gasteiger partial charge in [-0.15, -0.1) is 0 Å². The maximum absolute atomic E-state index is 5.37. The van der Waals surface area contributed by atoms with Crippen molar-refractivity contribution in [1.82, 2.24) is 9.97 Å². The summed E-state index contributed by atoms with van der Waals surface area (Å²) < 4.78 is 11.1. The number of nitrogens with one attached hydrogen (secondary N) is 1. The van der Waals surface area contributed by atoms with Crippen LogP contribution in [0.1, 0.15) is 12.7 Å². The lowest BCUT2D eigenvalue weighted by molar-refractivity contribution is 0.0716. The minimum Gasteiger partial charge on any atom is -0.382 e. The molecule has 0 atom stereocenters. The van der Waals surface area contributed by atoms with Crippen LogP contribution >= 0.6 is 15.9 Å². The predicted molar refractivity (Wildman–Crippen MR) is 70.3 cm³/mol. The van der Waals surface area contributed by atoms with Crippen molar-refractivity contribution < 1.29 is 9.47 Å². The number of rotatable bonds is 8. The molecular formula is C11H18BrN3O2. The van der Waals surface area contributed by atoms with E-state index in [4.69, 9.17) is 9.47 Å². The van der Waals surface area contributed by atoms with Gasteiger partial charge >= 0.3 is 0 Å². The zero-order valence-electron chi connectivity index (χ0n) is 10.2. The van der Waals surface area contributed by atoms with Gasteiger partial charge in [0.05, 0.1) is 24.3 Å². The summed E-state index contributed by atoms with van der Waals surface area (Å²) in [5.41, 5.74) is 0. The molecule has 6 heteroatoms. The topological polar surface area (TPSA) is 56.3 Å². The molecule has 0 saturated carbocycles. The van der Waals surface area contributed by atoms with E-state index < -0.39 is 0 Å². The molecule has 0 radical (unpaired) electrons. The predicted octanol–water partition coefficient (Wildman–Crippen LogP) is 1.88. The number of anilines is 1. The van der Waals surface area contributed by atoms with E-state index in [1.165, 1.54) is 0 Å². The second-order valence-electron chi connectivity index (χ2n) is 3.37. The zero-order valence-corrected chi connectivity index (χ0v) is 11.8. The molecule has 1 aromatic rings. The second kappa shape index (κ2) is 8.38. The van der Waals surface area contributed by atoms with Gasteiger partial charge in [0.15, 0.2) is 0 Å². The lowest BCUT2D eigenvalue weighted by Crippen LogP contribution is -2.09. The Balaban J connectivity index is 2.40. The van der Waals surface area contributed by atoms with Crippen LogP contribution in [0.5, 0.6) is 0 Å². The molecule has 0 aliphatic heterocycles. The van der Waals surface area contributed by atoms with Crippen molar-refractivity contribution >= 4 is 21.7 Å². The summed E-state index contributed by atoms with van der Waals surface area (Å²) in [4.78, 5) is 8.63. The van der Waals surface area contributed by atoms with Gasteiger partial charge in [0.25, 0.3) is 0 Å². The summed E-state index contributed by atoms with van der Waals surface area (Å²) in [5.74, 6) is 1.61. The van der Waals surface area contributed by atoms with Crippen molar-refractivity contribution in [3.63, 3.8) is 0 Å². The zero-order chi connectivity index (χ0) is 12.5. The van der Waals surface area contributed by atoms with Crippen LogP contribution in [0.4, 0.5) is 5.82 Å². The SMILES string of the molecule is CCNc1nc(CCOCCOC)ncc1Br. The summed E-state index contributed by atoms with van der Waals surface area (Å²) >= 11 is 3.40. The first kappa shape index (κ1) is 14.3. The number of nitrogens with zero attached hydrogens (tertiary/aromatic N) is 2. The maximum Gasteiger partial charge on any atom is 0.144 e. The molecule has 1 heterocycles. The molecule has 1 N–H and O–H groups in total. The van der Waals surface area contributed by atoms with E-state index in [0.717, 1.165) is 22.7 Å². The molecule has 96 valence electrons. The number of halogens is 1. The standard InChI is InChI=1S/C11H18BrN3O2/c1-3-13-11-9(12)8-14-10(15-11)4-5-17-7-6-16-2/h8H,3-7H2,1-2H3,(H,13,14,15).